The van der Waals surface area contributed by atoms with Crippen molar-refractivity contribution in [3.05, 3.63) is 216 Å². The highest BCUT2D eigenvalue weighted by Crippen LogP contribution is 2.54. The summed E-state index contributed by atoms with van der Waals surface area (Å²) in [7, 11) is 0. The Balaban J connectivity index is 1.01. The van der Waals surface area contributed by atoms with Crippen molar-refractivity contribution in [1.82, 2.24) is 0 Å². The Morgan fingerprint density at radius 3 is 1.05 bits per heavy atom. The molecule has 0 aliphatic heterocycles. The van der Waals surface area contributed by atoms with Crippen molar-refractivity contribution in [2.75, 3.05) is 9.80 Å². The molecule has 4 heterocycles. The first kappa shape index (κ1) is 46.6. The Morgan fingerprint density at radius 1 is 0.275 bits per heavy atom. The molecule has 0 fully saturated rings. The number of hydrogen-bond donors (Lipinski definition) is 0. The fourth-order valence-electron chi connectivity index (χ4n) is 13.3. The van der Waals surface area contributed by atoms with Crippen molar-refractivity contribution in [3.63, 3.8) is 0 Å². The Kier molecular flexibility index (Phi) is 9.61. The first-order valence-corrected chi connectivity index (χ1v) is 27.8. The molecular weight excluding hydrogens is 981 g/mol. The standard InChI is InChI=1S/C74H56N2O4/c1-41-29-35-51-49-19-13-23-55(73(3,4)5)67(49)79-71(51)65(41)75(59-25-15-21-47-45-17-9-11-27-61(45)77-69(47)59)57-39-33-43-32-38-54-58(40-34-44-31-37-53(57)63(43)64(44)54)76(60-26-16-22-48-46-18-10-12-28-62(46)78-70(48)60)66-42(2)30-36-52-50-20-14-24-56(74(6,7)8)68(50)80-72(52)66/h9-40H,1-8H3. The van der Waals surface area contributed by atoms with Crippen LogP contribution >= 0.6 is 0 Å². The average Bonchev–Trinajstić information content (AvgIpc) is 4.40. The van der Waals surface area contributed by atoms with Crippen molar-refractivity contribution in [2.45, 2.75) is 66.2 Å². The lowest BCUT2D eigenvalue weighted by Gasteiger charge is -2.30. The van der Waals surface area contributed by atoms with Gasteiger partial charge >= 0.3 is 0 Å². The van der Waals surface area contributed by atoms with Gasteiger partial charge in [0.1, 0.15) is 22.3 Å². The number of anilines is 6. The quantitative estimate of drug-likeness (QED) is 0.155. The maximum absolute atomic E-state index is 7.31. The maximum Gasteiger partial charge on any atom is 0.159 e. The molecule has 0 bridgehead atoms. The van der Waals surface area contributed by atoms with E-state index in [0.29, 0.717) is 0 Å². The zero-order chi connectivity index (χ0) is 54.1. The van der Waals surface area contributed by atoms with Crippen molar-refractivity contribution < 1.29 is 17.7 Å². The summed E-state index contributed by atoms with van der Waals surface area (Å²) >= 11 is 0. The van der Waals surface area contributed by atoms with E-state index in [4.69, 9.17) is 17.7 Å². The van der Waals surface area contributed by atoms with Crippen molar-refractivity contribution >= 4 is 154 Å². The summed E-state index contributed by atoms with van der Waals surface area (Å²) in [5.41, 5.74) is 16.8. The molecule has 16 aromatic rings. The summed E-state index contributed by atoms with van der Waals surface area (Å²) in [5.74, 6) is 0. The molecule has 0 radical (unpaired) electrons. The molecule has 12 aromatic carbocycles. The molecule has 6 heteroatoms. The average molecular weight is 1040 g/mol. The van der Waals surface area contributed by atoms with Crippen molar-refractivity contribution in [3.8, 4) is 0 Å². The predicted molar refractivity (Wildman–Crippen MR) is 335 cm³/mol. The van der Waals surface area contributed by atoms with Crippen LogP contribution in [-0.4, -0.2) is 0 Å². The van der Waals surface area contributed by atoms with Crippen LogP contribution in [0.4, 0.5) is 34.1 Å². The topological polar surface area (TPSA) is 59.0 Å². The predicted octanol–water partition coefficient (Wildman–Crippen LogP) is 22.3. The second-order valence-corrected chi connectivity index (χ2v) is 24.1. The fourth-order valence-corrected chi connectivity index (χ4v) is 13.3. The Bertz CT molecular complexity index is 4930. The third kappa shape index (κ3) is 6.53. The molecule has 0 saturated heterocycles. The van der Waals surface area contributed by atoms with Gasteiger partial charge in [0.15, 0.2) is 22.3 Å². The van der Waals surface area contributed by atoms with E-state index < -0.39 is 0 Å². The number of para-hydroxylation sites is 6. The van der Waals surface area contributed by atoms with E-state index in [1.54, 1.807) is 0 Å². The number of hydrogen-bond acceptors (Lipinski definition) is 6. The third-order valence-corrected chi connectivity index (χ3v) is 17.1. The molecule has 386 valence electrons. The highest BCUT2D eigenvalue weighted by Gasteiger charge is 2.32. The van der Waals surface area contributed by atoms with Gasteiger partial charge in [-0.15, -0.1) is 0 Å². The first-order valence-electron chi connectivity index (χ1n) is 27.8. The third-order valence-electron chi connectivity index (χ3n) is 17.1. The summed E-state index contributed by atoms with van der Waals surface area (Å²) in [4.78, 5) is 4.83. The molecule has 0 atom stereocenters. The second-order valence-electron chi connectivity index (χ2n) is 24.1. The summed E-state index contributed by atoms with van der Waals surface area (Å²) in [6, 6.07) is 70.2. The van der Waals surface area contributed by atoms with E-state index in [9.17, 15) is 0 Å². The summed E-state index contributed by atoms with van der Waals surface area (Å²) in [6.07, 6.45) is 0. The molecule has 0 amide bonds. The minimum Gasteiger partial charge on any atom is -0.454 e. The molecule has 80 heavy (non-hydrogen) atoms. The highest BCUT2D eigenvalue weighted by molar-refractivity contribution is 6.30. The molecule has 0 spiro atoms. The largest absolute Gasteiger partial charge is 0.454 e. The molecule has 0 aliphatic carbocycles. The van der Waals surface area contributed by atoms with E-state index in [1.165, 1.54) is 21.9 Å². The van der Waals surface area contributed by atoms with Crippen LogP contribution in [-0.2, 0) is 10.8 Å². The molecule has 0 N–H and O–H groups in total. The van der Waals surface area contributed by atoms with Gasteiger partial charge in [0, 0.05) is 65.0 Å². The van der Waals surface area contributed by atoms with Crippen LogP contribution in [0.15, 0.2) is 212 Å². The Hall–Kier alpha value is -9.52. The minimum absolute atomic E-state index is 0.145. The summed E-state index contributed by atoms with van der Waals surface area (Å²) < 4.78 is 28.6. The Labute approximate surface area is 461 Å². The van der Waals surface area contributed by atoms with Gasteiger partial charge in [0.05, 0.1) is 34.1 Å². The monoisotopic (exact) mass is 1040 g/mol. The second kappa shape index (κ2) is 16.5. The SMILES string of the molecule is Cc1ccc2c(oc3c(C(C)(C)C)cccc32)c1N(c1ccc2ccc3c(N(c4cccc5c4oc4ccccc45)c4c(C)ccc5c4oc4c(C(C)(C)C)cccc45)ccc4ccc1c2c43)c1cccc2c1oc1ccccc12. The summed E-state index contributed by atoms with van der Waals surface area (Å²) in [6.45, 7) is 17.9. The van der Waals surface area contributed by atoms with E-state index in [2.05, 4.69) is 247 Å². The van der Waals surface area contributed by atoms with Gasteiger partial charge in [-0.25, -0.2) is 0 Å². The van der Waals surface area contributed by atoms with Gasteiger partial charge in [-0.1, -0.05) is 199 Å². The lowest BCUT2D eigenvalue weighted by molar-refractivity contribution is 0.572. The smallest absolute Gasteiger partial charge is 0.159 e. The van der Waals surface area contributed by atoms with E-state index in [-0.39, 0.29) is 10.8 Å². The van der Waals surface area contributed by atoms with Crippen LogP contribution < -0.4 is 9.80 Å². The van der Waals surface area contributed by atoms with Gasteiger partial charge in [-0.3, -0.25) is 0 Å². The van der Waals surface area contributed by atoms with Crippen LogP contribution in [0, 0.1) is 13.8 Å². The van der Waals surface area contributed by atoms with Crippen LogP contribution in [0.1, 0.15) is 63.8 Å². The number of aryl methyl sites for hydroxylation is 2. The van der Waals surface area contributed by atoms with Crippen molar-refractivity contribution in [2.24, 2.45) is 0 Å². The van der Waals surface area contributed by atoms with Crippen molar-refractivity contribution in [1.29, 1.82) is 0 Å². The van der Waals surface area contributed by atoms with E-state index in [0.717, 1.165) is 155 Å². The lowest BCUT2D eigenvalue weighted by atomic mass is 9.86. The fraction of sp³-hybridized carbons (Fsp3) is 0.135. The van der Waals surface area contributed by atoms with Crippen LogP contribution in [0.2, 0.25) is 0 Å². The molecule has 4 aromatic heterocycles. The normalized spacial score (nSPS) is 12.8. The molecular formula is C74H56N2O4. The number of nitrogens with zero attached hydrogens (tertiary/aromatic N) is 2. The maximum atomic E-state index is 7.31. The van der Waals surface area contributed by atoms with Gasteiger partial charge in [-0.2, -0.15) is 0 Å². The summed E-state index contributed by atoms with van der Waals surface area (Å²) in [5, 5.41) is 15.4. The number of furan rings is 4. The molecule has 0 unspecified atom stereocenters. The van der Waals surface area contributed by atoms with Gasteiger partial charge in [0.25, 0.3) is 0 Å². The van der Waals surface area contributed by atoms with Crippen LogP contribution in [0.25, 0.3) is 120 Å². The highest BCUT2D eigenvalue weighted by atomic mass is 16.3. The molecule has 0 aliphatic rings. The minimum atomic E-state index is -0.145. The zero-order valence-electron chi connectivity index (χ0n) is 46.0. The van der Waals surface area contributed by atoms with E-state index >= 15 is 0 Å². The first-order chi connectivity index (χ1) is 38.8. The number of rotatable bonds is 6. The van der Waals surface area contributed by atoms with Crippen LogP contribution in [0.3, 0.4) is 0 Å². The van der Waals surface area contributed by atoms with Gasteiger partial charge in [-0.05, 0) is 93.7 Å². The molecule has 6 nitrogen and oxygen atoms in total. The zero-order valence-corrected chi connectivity index (χ0v) is 46.0. The molecule has 0 saturated carbocycles. The molecule has 16 rings (SSSR count). The van der Waals surface area contributed by atoms with E-state index in [1.807, 2.05) is 12.1 Å². The van der Waals surface area contributed by atoms with Gasteiger partial charge in [0.2, 0.25) is 0 Å². The lowest BCUT2D eigenvalue weighted by Crippen LogP contribution is -2.13. The van der Waals surface area contributed by atoms with Gasteiger partial charge < -0.3 is 27.5 Å². The van der Waals surface area contributed by atoms with Crippen LogP contribution in [0.5, 0.6) is 0 Å². The number of benzene rings is 12. The number of fused-ring (bicyclic) bond motifs is 12. The Morgan fingerprint density at radius 2 is 0.625 bits per heavy atom.